The van der Waals surface area contributed by atoms with Crippen molar-refractivity contribution >= 4 is 25.8 Å². The molecular weight excluding hydrogens is 585 g/mol. The van der Waals surface area contributed by atoms with Crippen molar-refractivity contribution in [1.29, 1.82) is 0 Å². The van der Waals surface area contributed by atoms with Crippen LogP contribution in [-0.4, -0.2) is 25.8 Å². The van der Waals surface area contributed by atoms with Gasteiger partial charge in [0.05, 0.1) is 0 Å². The summed E-state index contributed by atoms with van der Waals surface area (Å²) >= 11 is 0. The zero-order chi connectivity index (χ0) is 14.4. The molecule has 0 nitrogen and oxygen atoms in total. The van der Waals surface area contributed by atoms with E-state index in [2.05, 4.69) is 80.5 Å². The van der Waals surface area contributed by atoms with Gasteiger partial charge < -0.3 is 48.0 Å². The number of halogens is 2. The second kappa shape index (κ2) is 9.14. The number of benzene rings is 1. The molecule has 21 heavy (non-hydrogen) atoms. The van der Waals surface area contributed by atoms with Gasteiger partial charge >= 0.3 is 0 Å². The minimum Gasteiger partial charge on any atom is -1.00 e. The van der Waals surface area contributed by atoms with Crippen LogP contribution in [0.1, 0.15) is 79.0 Å². The number of rotatable bonds is 0. The number of hydrogen-bond acceptors (Lipinski definition) is 0. The first kappa shape index (κ1) is 27.4. The van der Waals surface area contributed by atoms with Crippen LogP contribution in [0.3, 0.4) is 0 Å². The van der Waals surface area contributed by atoms with E-state index in [9.17, 15) is 0 Å². The minimum absolute atomic E-state index is 0. The molecule has 120 valence electrons. The summed E-state index contributed by atoms with van der Waals surface area (Å²) in [5.74, 6) is 0. The fraction of sp³-hybridized carbons (Fsp3) is 0.667. The SMILES string of the molecule is CC(C)(C)c1[c]c(C(C)(C)C)cc(C(C)(C)C)c1.[I-].[I-].[In]. The molecule has 0 aliphatic rings. The third-order valence-electron chi connectivity index (χ3n) is 3.35. The van der Waals surface area contributed by atoms with Gasteiger partial charge in [-0.15, -0.1) is 0 Å². The van der Waals surface area contributed by atoms with Crippen LogP contribution < -0.4 is 48.0 Å². The zero-order valence-corrected chi connectivity index (χ0v) is 22.6. The van der Waals surface area contributed by atoms with E-state index in [1.807, 2.05) is 0 Å². The van der Waals surface area contributed by atoms with Crippen molar-refractivity contribution in [2.75, 3.05) is 0 Å². The van der Waals surface area contributed by atoms with Crippen molar-refractivity contribution in [3.05, 3.63) is 34.9 Å². The Morgan fingerprint density at radius 3 is 1.10 bits per heavy atom. The van der Waals surface area contributed by atoms with Crippen LogP contribution in [0.15, 0.2) is 12.1 Å². The Labute approximate surface area is 185 Å². The normalized spacial score (nSPS) is 11.9. The Kier molecular flexibility index (Phi) is 11.9. The summed E-state index contributed by atoms with van der Waals surface area (Å²) < 4.78 is 0. The van der Waals surface area contributed by atoms with Crippen molar-refractivity contribution in [3.8, 4) is 0 Å². The summed E-state index contributed by atoms with van der Waals surface area (Å²) in [6, 6.07) is 8.29. The summed E-state index contributed by atoms with van der Waals surface area (Å²) in [6.45, 7) is 20.4. The molecule has 1 rings (SSSR count). The van der Waals surface area contributed by atoms with Gasteiger partial charge in [0.2, 0.25) is 0 Å². The third kappa shape index (κ3) is 8.27. The van der Waals surface area contributed by atoms with Gasteiger partial charge in [-0.3, -0.25) is 0 Å². The predicted octanol–water partition coefficient (Wildman–Crippen LogP) is -0.994. The average molecular weight is 614 g/mol. The number of hydrogen-bond donors (Lipinski definition) is 0. The molecule has 0 saturated heterocycles. The van der Waals surface area contributed by atoms with E-state index >= 15 is 0 Å². The Bertz CT molecular complexity index is 353. The van der Waals surface area contributed by atoms with Gasteiger partial charge in [-0.2, -0.15) is 0 Å². The molecule has 0 saturated carbocycles. The van der Waals surface area contributed by atoms with E-state index in [0.717, 1.165) is 0 Å². The first-order valence-corrected chi connectivity index (χ1v) is 6.90. The van der Waals surface area contributed by atoms with Crippen LogP contribution in [0.4, 0.5) is 0 Å². The van der Waals surface area contributed by atoms with Crippen molar-refractivity contribution < 1.29 is 48.0 Å². The Hall–Kier alpha value is 1.55. The van der Waals surface area contributed by atoms with Gasteiger partial charge in [-0.05, 0) is 39.0 Å². The average Bonchev–Trinajstić information content (AvgIpc) is 2.13. The van der Waals surface area contributed by atoms with Crippen LogP contribution in [0.25, 0.3) is 0 Å². The third-order valence-corrected chi connectivity index (χ3v) is 3.35. The van der Waals surface area contributed by atoms with E-state index in [0.29, 0.717) is 0 Å². The molecular formula is C18H29I2In-2. The topological polar surface area (TPSA) is 0 Å². The predicted molar refractivity (Wildman–Crippen MR) is 87.1 cm³/mol. The molecule has 4 radical (unpaired) electrons. The van der Waals surface area contributed by atoms with E-state index in [1.54, 1.807) is 0 Å². The molecule has 0 atom stereocenters. The maximum atomic E-state index is 3.64. The standard InChI is InChI=1S/C18H29.2HI.In/c1-16(2,3)13-10-14(17(4,5)6)12-15(11-13)18(7,8)9;;;/h10-11H,1-9H3;2*1H;/p-2. The molecule has 0 amide bonds. The summed E-state index contributed by atoms with van der Waals surface area (Å²) in [7, 11) is 0. The van der Waals surface area contributed by atoms with Crippen LogP contribution in [0.2, 0.25) is 0 Å². The van der Waals surface area contributed by atoms with E-state index in [4.69, 9.17) is 0 Å². The van der Waals surface area contributed by atoms with Crippen molar-refractivity contribution in [2.45, 2.75) is 78.6 Å². The van der Waals surface area contributed by atoms with Gasteiger partial charge in [0, 0.05) is 25.8 Å². The summed E-state index contributed by atoms with van der Waals surface area (Å²) in [5.41, 5.74) is 4.55. The molecule has 0 bridgehead atoms. The molecule has 3 heteroatoms. The van der Waals surface area contributed by atoms with Gasteiger partial charge in [0.15, 0.2) is 0 Å². The summed E-state index contributed by atoms with van der Waals surface area (Å²) in [6.07, 6.45) is 0. The second-order valence-electron chi connectivity index (χ2n) is 8.45. The quantitative estimate of drug-likeness (QED) is 0.330. The van der Waals surface area contributed by atoms with Crippen LogP contribution >= 0.6 is 0 Å². The molecule has 0 unspecified atom stereocenters. The van der Waals surface area contributed by atoms with Crippen LogP contribution in [0, 0.1) is 6.07 Å². The van der Waals surface area contributed by atoms with E-state index in [1.165, 1.54) is 16.7 Å². The molecule has 0 fully saturated rings. The smallest absolute Gasteiger partial charge is 0 e. The van der Waals surface area contributed by atoms with Gasteiger partial charge in [0.1, 0.15) is 0 Å². The fourth-order valence-corrected chi connectivity index (χ4v) is 1.81. The van der Waals surface area contributed by atoms with Gasteiger partial charge in [0.25, 0.3) is 0 Å². The van der Waals surface area contributed by atoms with Crippen molar-refractivity contribution in [1.82, 2.24) is 0 Å². The maximum absolute atomic E-state index is 3.64. The van der Waals surface area contributed by atoms with E-state index in [-0.39, 0.29) is 90.0 Å². The van der Waals surface area contributed by atoms with Crippen LogP contribution in [0.5, 0.6) is 0 Å². The van der Waals surface area contributed by atoms with Gasteiger partial charge in [-0.1, -0.05) is 74.4 Å². The maximum Gasteiger partial charge on any atom is 0 e. The molecule has 0 spiro atoms. The van der Waals surface area contributed by atoms with Crippen LogP contribution in [-0.2, 0) is 16.2 Å². The zero-order valence-electron chi connectivity index (χ0n) is 15.0. The monoisotopic (exact) mass is 614 g/mol. The van der Waals surface area contributed by atoms with Crippen molar-refractivity contribution in [2.24, 2.45) is 0 Å². The Balaban J connectivity index is -0.00000108. The Morgan fingerprint density at radius 1 is 0.619 bits per heavy atom. The van der Waals surface area contributed by atoms with Gasteiger partial charge in [-0.25, -0.2) is 0 Å². The molecule has 0 aliphatic heterocycles. The minimum atomic E-state index is 0. The second-order valence-corrected chi connectivity index (χ2v) is 8.45. The molecule has 0 aromatic heterocycles. The molecule has 0 heterocycles. The van der Waals surface area contributed by atoms with E-state index < -0.39 is 0 Å². The largest absolute Gasteiger partial charge is 1.00 e. The molecule has 1 aromatic carbocycles. The van der Waals surface area contributed by atoms with Crippen molar-refractivity contribution in [3.63, 3.8) is 0 Å². The Morgan fingerprint density at radius 2 is 0.905 bits per heavy atom. The fourth-order valence-electron chi connectivity index (χ4n) is 1.81. The summed E-state index contributed by atoms with van der Waals surface area (Å²) in [5, 5.41) is 0. The first-order chi connectivity index (χ1) is 7.82. The first-order valence-electron chi connectivity index (χ1n) is 6.90. The molecule has 0 aliphatic carbocycles. The molecule has 1 aromatic rings. The molecule has 0 N–H and O–H groups in total. The summed E-state index contributed by atoms with van der Waals surface area (Å²) in [4.78, 5) is 0.